The van der Waals surface area contributed by atoms with Crippen LogP contribution in [0.25, 0.3) is 0 Å². The van der Waals surface area contributed by atoms with Gasteiger partial charge in [-0.25, -0.2) is 4.79 Å². The van der Waals surface area contributed by atoms with Crippen molar-refractivity contribution in [3.8, 4) is 0 Å². The van der Waals surface area contributed by atoms with Crippen LogP contribution in [-0.4, -0.2) is 54.8 Å². The Balaban J connectivity index is 0. The maximum absolute atomic E-state index is 10.1. The molecule has 0 saturated heterocycles. The molecule has 0 aromatic rings. The number of allylic oxidation sites excluding steroid dienone is 1. The van der Waals surface area contributed by atoms with Crippen molar-refractivity contribution < 1.29 is 33.0 Å². The molecule has 0 unspecified atom stereocenters. The molecule has 0 aliphatic heterocycles. The molecule has 0 bridgehead atoms. The molecule has 7 nitrogen and oxygen atoms in total. The van der Waals surface area contributed by atoms with Gasteiger partial charge < -0.3 is 28.2 Å². The molecule has 0 fully saturated rings. The zero-order chi connectivity index (χ0) is 21.7. The largest absolute Gasteiger partial charge is 0.520 e. The van der Waals surface area contributed by atoms with Crippen LogP contribution in [0.1, 0.15) is 20.8 Å². The molecule has 0 spiro atoms. The molecule has 0 rings (SSSR count). The summed E-state index contributed by atoms with van der Waals surface area (Å²) in [5, 5.41) is 8.31. The van der Waals surface area contributed by atoms with Crippen molar-refractivity contribution in [3.63, 3.8) is 0 Å². The van der Waals surface area contributed by atoms with Crippen LogP contribution in [-0.2, 0) is 27.9 Å². The summed E-state index contributed by atoms with van der Waals surface area (Å²) in [6, 6.07) is 0. The van der Waals surface area contributed by atoms with Gasteiger partial charge in [0.2, 0.25) is 8.32 Å². The minimum Gasteiger partial charge on any atom is -0.520 e. The van der Waals surface area contributed by atoms with E-state index in [-0.39, 0.29) is 13.4 Å². The maximum Gasteiger partial charge on any atom is 0.341 e. The van der Waals surface area contributed by atoms with Crippen molar-refractivity contribution in [1.82, 2.24) is 0 Å². The minimum atomic E-state index is -1.57. The number of rotatable bonds is 11. The SMILES string of the molecule is CC(=COCC(=O)O)CO[Si](C)(C)C.COCOC(O[Si](C)(C)C)=C(C)C. The number of ether oxygens (including phenoxy) is 3. The smallest absolute Gasteiger partial charge is 0.341 e. The van der Waals surface area contributed by atoms with Crippen molar-refractivity contribution in [2.75, 3.05) is 27.1 Å². The number of hydrogen-bond acceptors (Lipinski definition) is 6. The van der Waals surface area contributed by atoms with Gasteiger partial charge >= 0.3 is 5.97 Å². The number of carbonyl (C=O) groups is 1. The fourth-order valence-electron chi connectivity index (χ4n) is 1.29. The van der Waals surface area contributed by atoms with Crippen LogP contribution in [0.4, 0.5) is 0 Å². The van der Waals surface area contributed by atoms with Gasteiger partial charge in [0.15, 0.2) is 21.7 Å². The Morgan fingerprint density at radius 1 is 0.963 bits per heavy atom. The van der Waals surface area contributed by atoms with Crippen LogP contribution in [0, 0.1) is 0 Å². The molecular weight excluding hydrogens is 384 g/mol. The van der Waals surface area contributed by atoms with Gasteiger partial charge in [0.25, 0.3) is 5.95 Å². The number of carboxylic acids is 1. The summed E-state index contributed by atoms with van der Waals surface area (Å²) in [6.07, 6.45) is 1.44. The van der Waals surface area contributed by atoms with E-state index in [2.05, 4.69) is 39.3 Å². The number of hydrogen-bond donors (Lipinski definition) is 1. The molecule has 0 aliphatic carbocycles. The van der Waals surface area contributed by atoms with Gasteiger partial charge in [-0.1, -0.05) is 0 Å². The summed E-state index contributed by atoms with van der Waals surface area (Å²) in [7, 11) is -1.47. The van der Waals surface area contributed by atoms with Crippen molar-refractivity contribution in [2.45, 2.75) is 60.1 Å². The Kier molecular flexibility index (Phi) is 14.3. The van der Waals surface area contributed by atoms with Gasteiger partial charge in [-0.3, -0.25) is 0 Å². The first-order valence-electron chi connectivity index (χ1n) is 8.79. The molecule has 0 saturated carbocycles. The van der Waals surface area contributed by atoms with Crippen LogP contribution in [0.2, 0.25) is 39.3 Å². The van der Waals surface area contributed by atoms with Crippen LogP contribution in [0.15, 0.2) is 23.4 Å². The second-order valence-electron chi connectivity index (χ2n) is 8.12. The summed E-state index contributed by atoms with van der Waals surface area (Å²) in [4.78, 5) is 10.1. The normalized spacial score (nSPS) is 11.9. The Morgan fingerprint density at radius 3 is 1.89 bits per heavy atom. The highest BCUT2D eigenvalue weighted by molar-refractivity contribution is 6.70. The zero-order valence-electron chi connectivity index (χ0n) is 18.6. The molecule has 0 aromatic heterocycles. The van der Waals surface area contributed by atoms with Gasteiger partial charge in [-0.2, -0.15) is 0 Å². The quantitative estimate of drug-likeness (QED) is 0.297. The van der Waals surface area contributed by atoms with Crippen LogP contribution >= 0.6 is 0 Å². The molecule has 0 heterocycles. The fraction of sp³-hybridized carbons (Fsp3) is 0.722. The fourth-order valence-corrected chi connectivity index (χ4v) is 2.77. The van der Waals surface area contributed by atoms with Gasteiger partial charge in [0, 0.05) is 12.7 Å². The first-order chi connectivity index (χ1) is 12.2. The third-order valence-corrected chi connectivity index (χ3v) is 4.15. The highest BCUT2D eigenvalue weighted by Gasteiger charge is 2.19. The first kappa shape index (κ1) is 27.9. The summed E-state index contributed by atoms with van der Waals surface area (Å²) >= 11 is 0. The molecule has 0 aliphatic rings. The molecule has 1 N–H and O–H groups in total. The van der Waals surface area contributed by atoms with Gasteiger partial charge in [0.05, 0.1) is 12.9 Å². The predicted octanol–water partition coefficient (Wildman–Crippen LogP) is 4.55. The average molecular weight is 423 g/mol. The molecule has 27 heavy (non-hydrogen) atoms. The van der Waals surface area contributed by atoms with Crippen molar-refractivity contribution >= 4 is 22.6 Å². The lowest BCUT2D eigenvalue weighted by molar-refractivity contribution is -0.140. The summed E-state index contributed by atoms with van der Waals surface area (Å²) in [6.45, 7) is 18.9. The number of carboxylic acid groups (broad SMARTS) is 1. The predicted molar refractivity (Wildman–Crippen MR) is 112 cm³/mol. The molecule has 0 radical (unpaired) electrons. The standard InChI is InChI=1S/C9H18O4Si.C9H20O3Si/c1-8(5-12-7-9(10)11)6-13-14(2,3)4;1-8(2)9(11-7-10-3)12-13(4,5)6/h5H,6-7H2,1-4H3,(H,10,11);7H2,1-6H3. The van der Waals surface area contributed by atoms with Crippen molar-refractivity contribution in [1.29, 1.82) is 0 Å². The van der Waals surface area contributed by atoms with Gasteiger partial charge in [-0.15, -0.1) is 0 Å². The van der Waals surface area contributed by atoms with E-state index < -0.39 is 22.6 Å². The summed E-state index contributed by atoms with van der Waals surface area (Å²) in [5.41, 5.74) is 1.94. The van der Waals surface area contributed by atoms with Crippen molar-refractivity contribution in [2.24, 2.45) is 0 Å². The van der Waals surface area contributed by atoms with E-state index in [1.807, 2.05) is 20.8 Å². The maximum atomic E-state index is 10.1. The highest BCUT2D eigenvalue weighted by Crippen LogP contribution is 2.15. The molecule has 160 valence electrons. The van der Waals surface area contributed by atoms with Crippen LogP contribution in [0.3, 0.4) is 0 Å². The van der Waals surface area contributed by atoms with E-state index in [1.54, 1.807) is 7.11 Å². The van der Waals surface area contributed by atoms with Crippen molar-refractivity contribution in [3.05, 3.63) is 23.4 Å². The second-order valence-corrected chi connectivity index (χ2v) is 17.1. The Morgan fingerprint density at radius 2 is 1.52 bits per heavy atom. The zero-order valence-corrected chi connectivity index (χ0v) is 20.6. The van der Waals surface area contributed by atoms with Gasteiger partial charge in [-0.05, 0) is 65.6 Å². The minimum absolute atomic E-state index is 0.241. The summed E-state index contributed by atoms with van der Waals surface area (Å²) < 4.78 is 26.2. The van der Waals surface area contributed by atoms with Crippen LogP contribution < -0.4 is 0 Å². The lowest BCUT2D eigenvalue weighted by Crippen LogP contribution is -2.26. The lowest BCUT2D eigenvalue weighted by Gasteiger charge is -2.22. The molecule has 0 atom stereocenters. The summed E-state index contributed by atoms with van der Waals surface area (Å²) in [5.74, 6) is -0.360. The van der Waals surface area contributed by atoms with Gasteiger partial charge in [0.1, 0.15) is 0 Å². The lowest BCUT2D eigenvalue weighted by atomic mass is 10.4. The first-order valence-corrected chi connectivity index (χ1v) is 15.6. The molecular formula is C18H38O7Si2. The van der Waals surface area contributed by atoms with E-state index in [1.165, 1.54) is 6.26 Å². The number of aliphatic carboxylic acids is 1. The third kappa shape index (κ3) is 22.7. The van der Waals surface area contributed by atoms with E-state index in [0.29, 0.717) is 12.6 Å². The Hall–Kier alpha value is -1.30. The highest BCUT2D eigenvalue weighted by atomic mass is 28.4. The van der Waals surface area contributed by atoms with E-state index >= 15 is 0 Å². The van der Waals surface area contributed by atoms with E-state index in [9.17, 15) is 4.79 Å². The monoisotopic (exact) mass is 422 g/mol. The molecule has 0 aromatic carbocycles. The second kappa shape index (κ2) is 13.8. The third-order valence-electron chi connectivity index (χ3n) is 2.34. The topological polar surface area (TPSA) is 83.5 Å². The molecule has 0 amide bonds. The molecule has 9 heteroatoms. The average Bonchev–Trinajstić information content (AvgIpc) is 2.47. The van der Waals surface area contributed by atoms with E-state index in [0.717, 1.165) is 11.1 Å². The Labute approximate surface area is 166 Å². The van der Waals surface area contributed by atoms with E-state index in [4.69, 9.17) is 28.2 Å². The van der Waals surface area contributed by atoms with Crippen LogP contribution in [0.5, 0.6) is 0 Å². The Bertz CT molecular complexity index is 485. The number of methoxy groups -OCH3 is 1.